The highest BCUT2D eigenvalue weighted by atomic mass is 32.2. The second-order valence-corrected chi connectivity index (χ2v) is 19.0. The summed E-state index contributed by atoms with van der Waals surface area (Å²) in [6.07, 6.45) is 13.6. The van der Waals surface area contributed by atoms with Crippen LogP contribution in [0.5, 0.6) is 0 Å². The van der Waals surface area contributed by atoms with Crippen molar-refractivity contribution in [3.8, 4) is 0 Å². The summed E-state index contributed by atoms with van der Waals surface area (Å²) < 4.78 is 43.6. The van der Waals surface area contributed by atoms with Crippen LogP contribution in [-0.4, -0.2) is 116 Å². The van der Waals surface area contributed by atoms with E-state index in [1.807, 2.05) is 78.9 Å². The van der Waals surface area contributed by atoms with Gasteiger partial charge in [-0.15, -0.1) is 0 Å². The SMILES string of the molecule is CC1(C)C(=CC=CC=CC=CC2=[N+](CCCCS(=O)O)c3ccc(CC(=O)NC(O)CC(=O)O)cc3C2(C)C)N(CCCCS(=O)O)c2ccc(CC(=O)NC(CCOO)C(=O)O)cc21. The van der Waals surface area contributed by atoms with Crippen molar-refractivity contribution >= 4 is 63.0 Å². The van der Waals surface area contributed by atoms with E-state index < -0.39 is 75.4 Å². The number of amides is 2. The maximum Gasteiger partial charge on any atom is 0.326 e. The zero-order valence-corrected chi connectivity index (χ0v) is 38.7. The van der Waals surface area contributed by atoms with Crippen molar-refractivity contribution in [1.82, 2.24) is 10.6 Å². The summed E-state index contributed by atoms with van der Waals surface area (Å²) in [6.45, 7) is 9.20. The first-order valence-electron chi connectivity index (χ1n) is 21.3. The highest BCUT2D eigenvalue weighted by molar-refractivity contribution is 7.79. The van der Waals surface area contributed by atoms with Gasteiger partial charge in [-0.1, -0.05) is 62.4 Å². The molecule has 0 bridgehead atoms. The van der Waals surface area contributed by atoms with Gasteiger partial charge >= 0.3 is 11.9 Å². The van der Waals surface area contributed by atoms with Gasteiger partial charge in [0.25, 0.3) is 0 Å². The monoisotopic (exact) mass is 941 g/mol. The van der Waals surface area contributed by atoms with Crippen molar-refractivity contribution in [1.29, 1.82) is 0 Å². The number of anilines is 1. The second-order valence-electron chi connectivity index (χ2n) is 16.9. The third kappa shape index (κ3) is 14.9. The molecule has 8 N–H and O–H groups in total. The number of carbonyl (C=O) groups is 4. The number of benzene rings is 2. The van der Waals surface area contributed by atoms with E-state index >= 15 is 0 Å². The minimum Gasteiger partial charge on any atom is -0.481 e. The Hall–Kier alpha value is -5.15. The maximum atomic E-state index is 12.9. The van der Waals surface area contributed by atoms with Crippen molar-refractivity contribution in [2.45, 2.75) is 102 Å². The molecule has 0 fully saturated rings. The van der Waals surface area contributed by atoms with Gasteiger partial charge in [0.1, 0.15) is 18.8 Å². The van der Waals surface area contributed by atoms with Crippen LogP contribution in [0.25, 0.3) is 0 Å². The molecule has 0 saturated heterocycles. The molecule has 2 aromatic rings. The summed E-state index contributed by atoms with van der Waals surface area (Å²) in [5.41, 5.74) is 6.11. The number of aliphatic carboxylic acids is 2. The number of nitrogens with zero attached hydrogens (tertiary/aromatic N) is 2. The predicted octanol–water partition coefficient (Wildman–Crippen LogP) is 4.86. The molecule has 2 heterocycles. The Labute approximate surface area is 384 Å². The number of hydrogen-bond acceptors (Lipinski definition) is 10. The molecular weight excluding hydrogens is 881 g/mol. The molecule has 4 atom stereocenters. The van der Waals surface area contributed by atoms with Crippen LogP contribution in [0.4, 0.5) is 11.4 Å². The van der Waals surface area contributed by atoms with Crippen LogP contribution in [0.3, 0.4) is 0 Å². The highest BCUT2D eigenvalue weighted by Gasteiger charge is 2.44. The van der Waals surface area contributed by atoms with Crippen LogP contribution in [0.1, 0.15) is 88.5 Å². The minimum absolute atomic E-state index is 0.0635. The number of rotatable bonds is 26. The van der Waals surface area contributed by atoms with Gasteiger partial charge in [-0.25, -0.2) is 18.1 Å². The van der Waals surface area contributed by atoms with Gasteiger partial charge in [0.05, 0.1) is 31.3 Å². The molecule has 65 heavy (non-hydrogen) atoms. The maximum absolute atomic E-state index is 12.9. The quantitative estimate of drug-likeness (QED) is 0.0119. The molecule has 2 aromatic carbocycles. The molecule has 0 aromatic heterocycles. The number of nitrogens with one attached hydrogen (secondary N) is 2. The number of carboxylic acid groups (broad SMARTS) is 2. The van der Waals surface area contributed by atoms with Crippen LogP contribution in [0.15, 0.2) is 84.6 Å². The highest BCUT2D eigenvalue weighted by Crippen LogP contribution is 2.48. The Morgan fingerprint density at radius 3 is 2.03 bits per heavy atom. The van der Waals surface area contributed by atoms with E-state index in [1.165, 1.54) is 0 Å². The Morgan fingerprint density at radius 2 is 1.40 bits per heavy atom. The van der Waals surface area contributed by atoms with Crippen molar-refractivity contribution in [3.05, 3.63) is 107 Å². The normalized spacial score (nSPS) is 17.7. The molecule has 0 spiro atoms. The topological polar surface area (TPSA) is 263 Å². The molecule has 354 valence electrons. The van der Waals surface area contributed by atoms with Gasteiger partial charge in [0, 0.05) is 65.4 Å². The van der Waals surface area contributed by atoms with E-state index in [-0.39, 0.29) is 37.4 Å². The fourth-order valence-corrected chi connectivity index (χ4v) is 9.02. The molecule has 19 heteroatoms. The number of hydrogen-bond donors (Lipinski definition) is 8. The molecule has 2 aliphatic rings. The number of allylic oxidation sites excluding steroid dienone is 8. The van der Waals surface area contributed by atoms with E-state index in [0.717, 1.165) is 33.9 Å². The Morgan fingerprint density at radius 1 is 0.800 bits per heavy atom. The first-order valence-corrected chi connectivity index (χ1v) is 23.9. The van der Waals surface area contributed by atoms with E-state index in [0.29, 0.717) is 49.9 Å². The summed E-state index contributed by atoms with van der Waals surface area (Å²) in [5.74, 6) is -3.16. The zero-order chi connectivity index (χ0) is 47.9. The number of aliphatic hydroxyl groups excluding tert-OH is 1. The lowest BCUT2D eigenvalue weighted by molar-refractivity contribution is -0.438. The van der Waals surface area contributed by atoms with Crippen molar-refractivity contribution < 1.29 is 66.7 Å². The Balaban J connectivity index is 1.55. The third-order valence-electron chi connectivity index (χ3n) is 11.3. The standard InChI is InChI=1S/C46H60N4O13S2/c1-45(2)33-26-31(28-40(51)47-35(44(56)57)20-23-63-58)16-18-36(33)49(21-10-12-24-64(59)60)38(45)14-8-6-5-7-9-15-39-46(3,4)34-27-32(29-41(52)48-42(53)30-43(54)55)17-19-37(34)50(39)22-11-13-25-65(61)62/h5-9,14-19,26-27,35,42,53H,10-13,20-25,28-30H2,1-4H3,(H6-,47,48,51,52,54,55,56,57,58,59,60,61,62)/p+1. The van der Waals surface area contributed by atoms with Crippen LogP contribution in [-0.2, 0) is 69.9 Å². The summed E-state index contributed by atoms with van der Waals surface area (Å²) in [5, 5.41) is 41.7. The van der Waals surface area contributed by atoms with E-state index in [2.05, 4.69) is 52.7 Å². The third-order valence-corrected chi connectivity index (χ3v) is 12.6. The molecule has 17 nitrogen and oxygen atoms in total. The number of unbranched alkanes of at least 4 members (excludes halogenated alkanes) is 2. The van der Waals surface area contributed by atoms with Crippen LogP contribution in [0.2, 0.25) is 0 Å². The van der Waals surface area contributed by atoms with Crippen molar-refractivity contribution in [2.24, 2.45) is 0 Å². The van der Waals surface area contributed by atoms with Crippen molar-refractivity contribution in [2.75, 3.05) is 36.1 Å². The molecule has 2 amide bonds. The second kappa shape index (κ2) is 24.4. The largest absolute Gasteiger partial charge is 0.481 e. The van der Waals surface area contributed by atoms with E-state index in [4.69, 9.17) is 10.4 Å². The van der Waals surface area contributed by atoms with E-state index in [9.17, 15) is 46.9 Å². The molecule has 0 aliphatic carbocycles. The lowest BCUT2D eigenvalue weighted by Crippen LogP contribution is -2.42. The summed E-state index contributed by atoms with van der Waals surface area (Å²) in [7, 11) is 0. The number of carbonyl (C=O) groups excluding carboxylic acids is 2. The lowest BCUT2D eigenvalue weighted by Gasteiger charge is -2.27. The van der Waals surface area contributed by atoms with Crippen LogP contribution >= 0.6 is 0 Å². The molecule has 2 aliphatic heterocycles. The Kier molecular flexibility index (Phi) is 19.7. The fourth-order valence-electron chi connectivity index (χ4n) is 8.12. The van der Waals surface area contributed by atoms with E-state index in [1.54, 1.807) is 0 Å². The molecule has 0 radical (unpaired) electrons. The Bertz CT molecular complexity index is 2270. The van der Waals surface area contributed by atoms with Gasteiger partial charge < -0.3 is 40.0 Å². The number of carboxylic acids is 2. The number of aliphatic hydroxyl groups is 1. The number of fused-ring (bicyclic) bond motifs is 2. The average molecular weight is 942 g/mol. The van der Waals surface area contributed by atoms with Gasteiger partial charge in [-0.2, -0.15) is 4.58 Å². The predicted molar refractivity (Wildman–Crippen MR) is 248 cm³/mol. The molecular formula is C46H61N4O13S2+. The molecule has 0 saturated carbocycles. The molecule has 4 unspecified atom stereocenters. The zero-order valence-electron chi connectivity index (χ0n) is 37.1. The minimum atomic E-state index is -1.90. The fraction of sp³-hybridized carbons (Fsp3) is 0.457. The molecule has 4 rings (SSSR count). The summed E-state index contributed by atoms with van der Waals surface area (Å²) >= 11 is -3.80. The van der Waals surface area contributed by atoms with Gasteiger partial charge in [0.2, 0.25) is 17.5 Å². The summed E-state index contributed by atoms with van der Waals surface area (Å²) in [4.78, 5) is 54.2. The smallest absolute Gasteiger partial charge is 0.326 e. The van der Waals surface area contributed by atoms with Gasteiger partial charge in [-0.05, 0) is 68.0 Å². The summed E-state index contributed by atoms with van der Waals surface area (Å²) in [6, 6.07) is 10.2. The van der Waals surface area contributed by atoms with Gasteiger partial charge in [-0.3, -0.25) is 19.6 Å². The first-order chi connectivity index (χ1) is 30.8. The first kappa shape index (κ1) is 52.5. The average Bonchev–Trinajstić information content (AvgIpc) is 3.55. The van der Waals surface area contributed by atoms with Crippen LogP contribution < -0.4 is 15.5 Å². The lowest BCUT2D eigenvalue weighted by atomic mass is 9.80. The van der Waals surface area contributed by atoms with Gasteiger partial charge in [0.15, 0.2) is 27.9 Å². The van der Waals surface area contributed by atoms with Crippen LogP contribution in [0, 0.1) is 0 Å². The van der Waals surface area contributed by atoms with Crippen molar-refractivity contribution in [3.63, 3.8) is 0 Å².